The number of halogens is 1. The van der Waals surface area contributed by atoms with Gasteiger partial charge in [0.1, 0.15) is 17.9 Å². The lowest BCUT2D eigenvalue weighted by molar-refractivity contribution is -0.0869. The van der Waals surface area contributed by atoms with Crippen molar-refractivity contribution >= 4 is 15.9 Å². The molecule has 0 spiro atoms. The number of aryl methyl sites for hydroxylation is 2. The van der Waals surface area contributed by atoms with Crippen molar-refractivity contribution in [3.8, 4) is 5.75 Å². The molecule has 6 heteroatoms. The Bertz CT molecular complexity index is 436. The Hall–Kier alpha value is -0.590. The summed E-state index contributed by atoms with van der Waals surface area (Å²) < 4.78 is 18.7. The number of nitrogens with zero attached hydrogens (tertiary/aromatic N) is 2. The highest BCUT2D eigenvalue weighted by Crippen LogP contribution is 2.35. The van der Waals surface area contributed by atoms with Crippen LogP contribution in [0.5, 0.6) is 5.75 Å². The third-order valence-corrected chi connectivity index (χ3v) is 4.38. The van der Waals surface area contributed by atoms with E-state index in [-0.39, 0.29) is 12.2 Å². The average Bonchev–Trinajstić information content (AvgIpc) is 2.60. The van der Waals surface area contributed by atoms with Crippen LogP contribution in [0.1, 0.15) is 17.8 Å². The van der Waals surface area contributed by atoms with E-state index in [1.54, 1.807) is 7.11 Å². The van der Waals surface area contributed by atoms with E-state index < -0.39 is 0 Å². The number of aromatic nitrogens is 2. The molecule has 0 aliphatic heterocycles. The van der Waals surface area contributed by atoms with Gasteiger partial charge in [0.05, 0.1) is 18.9 Å². The van der Waals surface area contributed by atoms with Gasteiger partial charge in [0.15, 0.2) is 5.75 Å². The predicted molar refractivity (Wildman–Crippen MR) is 76.0 cm³/mol. The van der Waals surface area contributed by atoms with E-state index in [4.69, 9.17) is 14.2 Å². The first kappa shape index (κ1) is 14.8. The highest BCUT2D eigenvalue weighted by molar-refractivity contribution is 9.09. The number of methoxy groups -OCH3 is 1. The Morgan fingerprint density at radius 2 is 2.11 bits per heavy atom. The van der Waals surface area contributed by atoms with Crippen LogP contribution in [-0.2, 0) is 16.5 Å². The molecule has 1 aromatic heterocycles. The molecular weight excluding hydrogens is 312 g/mol. The van der Waals surface area contributed by atoms with Crippen LogP contribution in [0.4, 0.5) is 0 Å². The molecule has 5 nitrogen and oxygen atoms in total. The molecule has 1 aromatic rings. The molecule has 19 heavy (non-hydrogen) atoms. The van der Waals surface area contributed by atoms with Gasteiger partial charge in [0.25, 0.3) is 0 Å². The summed E-state index contributed by atoms with van der Waals surface area (Å²) in [6, 6.07) is 0. The van der Waals surface area contributed by atoms with Crippen molar-refractivity contribution in [2.45, 2.75) is 37.3 Å². The molecule has 1 aliphatic rings. The summed E-state index contributed by atoms with van der Waals surface area (Å²) in [7, 11) is 3.60. The van der Waals surface area contributed by atoms with Crippen LogP contribution in [0.25, 0.3) is 0 Å². The van der Waals surface area contributed by atoms with E-state index in [1.807, 2.05) is 25.6 Å². The van der Waals surface area contributed by atoms with E-state index >= 15 is 0 Å². The number of hydrogen-bond donors (Lipinski definition) is 0. The molecule has 1 fully saturated rings. The topological polar surface area (TPSA) is 45.5 Å². The zero-order chi connectivity index (χ0) is 14.0. The van der Waals surface area contributed by atoms with Crippen molar-refractivity contribution in [1.29, 1.82) is 0 Å². The summed E-state index contributed by atoms with van der Waals surface area (Å²) in [6.07, 6.45) is 1.11. The van der Waals surface area contributed by atoms with Crippen molar-refractivity contribution in [2.24, 2.45) is 7.05 Å². The summed E-state index contributed by atoms with van der Waals surface area (Å²) in [6.45, 7) is 5.18. The average molecular weight is 333 g/mol. The van der Waals surface area contributed by atoms with Crippen molar-refractivity contribution in [1.82, 2.24) is 9.78 Å². The Labute approximate surface area is 122 Å². The Balaban J connectivity index is 1.95. The summed E-state index contributed by atoms with van der Waals surface area (Å²) in [5.74, 6) is 0.882. The third-order valence-electron chi connectivity index (χ3n) is 3.49. The lowest BCUT2D eigenvalue weighted by Crippen LogP contribution is -2.52. The van der Waals surface area contributed by atoms with Crippen LogP contribution in [0.3, 0.4) is 0 Å². The Morgan fingerprint density at radius 1 is 1.37 bits per heavy atom. The van der Waals surface area contributed by atoms with Crippen LogP contribution >= 0.6 is 15.9 Å². The van der Waals surface area contributed by atoms with Gasteiger partial charge in [0.2, 0.25) is 0 Å². The van der Waals surface area contributed by atoms with E-state index in [0.29, 0.717) is 18.0 Å². The quantitative estimate of drug-likeness (QED) is 0.590. The molecule has 0 radical (unpaired) electrons. The molecule has 0 N–H and O–H groups in total. The van der Waals surface area contributed by atoms with E-state index in [0.717, 1.165) is 23.6 Å². The van der Waals surface area contributed by atoms with Crippen LogP contribution in [0.15, 0.2) is 0 Å². The number of rotatable bonds is 6. The minimum absolute atomic E-state index is 0.0779. The zero-order valence-corrected chi connectivity index (χ0v) is 13.4. The maximum atomic E-state index is 6.07. The number of ether oxygens (including phenoxy) is 3. The van der Waals surface area contributed by atoms with Crippen LogP contribution in [0, 0.1) is 13.8 Å². The first-order valence-corrected chi connectivity index (χ1v) is 7.37. The normalized spacial score (nSPS) is 26.3. The second-order valence-electron chi connectivity index (χ2n) is 4.86. The monoisotopic (exact) mass is 332 g/mol. The van der Waals surface area contributed by atoms with E-state index in [1.165, 1.54) is 0 Å². The second-order valence-corrected chi connectivity index (χ2v) is 6.04. The fourth-order valence-electron chi connectivity index (χ4n) is 2.20. The molecular formula is C13H21BrN2O3. The maximum Gasteiger partial charge on any atom is 0.163 e. The molecule has 3 unspecified atom stereocenters. The molecule has 1 saturated carbocycles. The van der Waals surface area contributed by atoms with Gasteiger partial charge < -0.3 is 14.2 Å². The highest BCUT2D eigenvalue weighted by Gasteiger charge is 2.43. The number of alkyl halides is 1. The molecule has 0 saturated heterocycles. The fraction of sp³-hybridized carbons (Fsp3) is 0.769. The van der Waals surface area contributed by atoms with Crippen molar-refractivity contribution in [3.05, 3.63) is 11.4 Å². The van der Waals surface area contributed by atoms with Gasteiger partial charge in [-0.2, -0.15) is 5.10 Å². The predicted octanol–water partition coefficient (Wildman–Crippen LogP) is 1.98. The third kappa shape index (κ3) is 3.12. The first-order valence-electron chi connectivity index (χ1n) is 6.46. The van der Waals surface area contributed by atoms with Gasteiger partial charge in [-0.1, -0.05) is 15.9 Å². The summed E-state index contributed by atoms with van der Waals surface area (Å²) in [5.41, 5.74) is 1.97. The molecule has 0 bridgehead atoms. The first-order chi connectivity index (χ1) is 9.04. The fourth-order valence-corrected chi connectivity index (χ4v) is 3.06. The van der Waals surface area contributed by atoms with Gasteiger partial charge in [-0.25, -0.2) is 0 Å². The lowest BCUT2D eigenvalue weighted by atomic mass is 9.91. The van der Waals surface area contributed by atoms with E-state index in [2.05, 4.69) is 21.0 Å². The molecule has 3 atom stereocenters. The van der Waals surface area contributed by atoms with Gasteiger partial charge in [-0.15, -0.1) is 0 Å². The van der Waals surface area contributed by atoms with Crippen molar-refractivity contribution in [3.63, 3.8) is 0 Å². The van der Waals surface area contributed by atoms with Crippen LogP contribution < -0.4 is 4.74 Å². The summed E-state index contributed by atoms with van der Waals surface area (Å²) >= 11 is 3.61. The SMILES string of the molecule is COCCOC1C(Br)CC1Oc1c(C)nn(C)c1C. The van der Waals surface area contributed by atoms with Crippen molar-refractivity contribution < 1.29 is 14.2 Å². The van der Waals surface area contributed by atoms with Gasteiger partial charge in [0, 0.05) is 25.4 Å². The zero-order valence-electron chi connectivity index (χ0n) is 11.9. The molecule has 2 rings (SSSR count). The van der Waals surface area contributed by atoms with Gasteiger partial charge >= 0.3 is 0 Å². The standard InChI is InChI=1S/C13H21BrN2O3/c1-8-12(9(2)16(3)15-8)19-11-7-10(14)13(11)18-6-5-17-4/h10-11,13H,5-7H2,1-4H3. The highest BCUT2D eigenvalue weighted by atomic mass is 79.9. The second kappa shape index (κ2) is 6.24. The molecule has 0 amide bonds. The van der Waals surface area contributed by atoms with Gasteiger partial charge in [-0.3, -0.25) is 4.68 Å². The largest absolute Gasteiger partial charge is 0.484 e. The summed E-state index contributed by atoms with van der Waals surface area (Å²) in [5, 5.41) is 4.36. The Morgan fingerprint density at radius 3 is 2.63 bits per heavy atom. The maximum absolute atomic E-state index is 6.07. The smallest absolute Gasteiger partial charge is 0.163 e. The van der Waals surface area contributed by atoms with Gasteiger partial charge in [-0.05, 0) is 13.8 Å². The van der Waals surface area contributed by atoms with Crippen LogP contribution in [-0.4, -0.2) is 47.1 Å². The summed E-state index contributed by atoms with van der Waals surface area (Å²) in [4.78, 5) is 0.353. The molecule has 1 heterocycles. The van der Waals surface area contributed by atoms with E-state index in [9.17, 15) is 0 Å². The van der Waals surface area contributed by atoms with Crippen LogP contribution in [0.2, 0.25) is 0 Å². The minimum Gasteiger partial charge on any atom is -0.484 e. The van der Waals surface area contributed by atoms with Crippen molar-refractivity contribution in [2.75, 3.05) is 20.3 Å². The molecule has 0 aromatic carbocycles. The number of hydrogen-bond acceptors (Lipinski definition) is 4. The lowest BCUT2D eigenvalue weighted by Gasteiger charge is -2.40. The molecule has 1 aliphatic carbocycles. The molecule has 108 valence electrons. The minimum atomic E-state index is 0.0779. The Kier molecular flexibility index (Phi) is 4.86.